The van der Waals surface area contributed by atoms with Crippen LogP contribution in [0.4, 0.5) is 5.69 Å². The molecule has 1 aliphatic heterocycles. The molecule has 0 aromatic heterocycles. The summed E-state index contributed by atoms with van der Waals surface area (Å²) in [7, 11) is 1.93. The smallest absolute Gasteiger partial charge is 0.249 e. The highest BCUT2D eigenvalue weighted by molar-refractivity contribution is 6.04. The van der Waals surface area contributed by atoms with Gasteiger partial charge in [-0.1, -0.05) is 32.0 Å². The van der Waals surface area contributed by atoms with Crippen molar-refractivity contribution in [1.82, 2.24) is 10.6 Å². The van der Waals surface area contributed by atoms with E-state index in [9.17, 15) is 9.59 Å². The van der Waals surface area contributed by atoms with Gasteiger partial charge in [0, 0.05) is 11.7 Å². The van der Waals surface area contributed by atoms with Crippen molar-refractivity contribution in [3.05, 3.63) is 29.8 Å². The van der Waals surface area contributed by atoms with Crippen LogP contribution < -0.4 is 15.5 Å². The van der Waals surface area contributed by atoms with Gasteiger partial charge < -0.3 is 10.2 Å². The Morgan fingerprint density at radius 1 is 1.33 bits per heavy atom. The molecule has 1 saturated heterocycles. The lowest BCUT2D eigenvalue weighted by Gasteiger charge is -2.37. The zero-order valence-corrected chi connectivity index (χ0v) is 12.8. The number of benzene rings is 1. The van der Waals surface area contributed by atoms with E-state index < -0.39 is 0 Å². The van der Waals surface area contributed by atoms with E-state index in [1.807, 2.05) is 37.1 Å². The zero-order valence-electron chi connectivity index (χ0n) is 12.8. The summed E-state index contributed by atoms with van der Waals surface area (Å²) < 4.78 is 0. The Bertz CT molecular complexity index is 526. The maximum atomic E-state index is 12.1. The predicted molar refractivity (Wildman–Crippen MR) is 83.1 cm³/mol. The summed E-state index contributed by atoms with van der Waals surface area (Å²) in [5, 5.41) is 5.71. The van der Waals surface area contributed by atoms with Crippen molar-refractivity contribution in [3.8, 4) is 0 Å². The van der Waals surface area contributed by atoms with Crippen molar-refractivity contribution < 1.29 is 9.59 Å². The SMILES string of the molecule is CCC(NC)c1ccccc1N1CC(=O)NC(=O)C1CC. The minimum Gasteiger partial charge on any atom is -0.350 e. The third kappa shape index (κ3) is 3.08. The van der Waals surface area contributed by atoms with Crippen molar-refractivity contribution in [2.75, 3.05) is 18.5 Å². The fourth-order valence-electron chi connectivity index (χ4n) is 2.95. The van der Waals surface area contributed by atoms with Gasteiger partial charge in [0.2, 0.25) is 11.8 Å². The van der Waals surface area contributed by atoms with E-state index in [4.69, 9.17) is 0 Å². The molecule has 2 amide bonds. The molecule has 2 rings (SSSR count). The second kappa shape index (κ2) is 6.72. The molecule has 1 aromatic carbocycles. The van der Waals surface area contributed by atoms with Gasteiger partial charge in [0.1, 0.15) is 6.04 Å². The average molecular weight is 289 g/mol. The molecule has 5 heteroatoms. The van der Waals surface area contributed by atoms with E-state index in [-0.39, 0.29) is 30.4 Å². The third-order valence-electron chi connectivity index (χ3n) is 4.02. The Kier molecular flexibility index (Phi) is 4.96. The molecule has 21 heavy (non-hydrogen) atoms. The van der Waals surface area contributed by atoms with E-state index in [1.54, 1.807) is 0 Å². The van der Waals surface area contributed by atoms with Crippen molar-refractivity contribution >= 4 is 17.5 Å². The first-order valence-electron chi connectivity index (χ1n) is 7.48. The van der Waals surface area contributed by atoms with Gasteiger partial charge in [-0.25, -0.2) is 0 Å². The fraction of sp³-hybridized carbons (Fsp3) is 0.500. The van der Waals surface area contributed by atoms with Crippen LogP contribution in [0.1, 0.15) is 38.3 Å². The van der Waals surface area contributed by atoms with Gasteiger partial charge >= 0.3 is 0 Å². The first kappa shape index (κ1) is 15.5. The van der Waals surface area contributed by atoms with Crippen LogP contribution in [0.25, 0.3) is 0 Å². The summed E-state index contributed by atoms with van der Waals surface area (Å²) in [5.74, 6) is -0.446. The lowest BCUT2D eigenvalue weighted by atomic mass is 9.99. The summed E-state index contributed by atoms with van der Waals surface area (Å²) in [5.41, 5.74) is 2.09. The summed E-state index contributed by atoms with van der Waals surface area (Å²) in [6, 6.07) is 7.90. The Morgan fingerprint density at radius 2 is 2.05 bits per heavy atom. The molecule has 1 fully saturated rings. The van der Waals surface area contributed by atoms with Crippen molar-refractivity contribution in [2.45, 2.75) is 38.8 Å². The van der Waals surface area contributed by atoms with Crippen molar-refractivity contribution in [1.29, 1.82) is 0 Å². The van der Waals surface area contributed by atoms with E-state index in [0.717, 1.165) is 17.7 Å². The maximum absolute atomic E-state index is 12.1. The van der Waals surface area contributed by atoms with Crippen molar-refractivity contribution in [2.24, 2.45) is 0 Å². The summed E-state index contributed by atoms with van der Waals surface area (Å²) in [4.78, 5) is 25.7. The van der Waals surface area contributed by atoms with E-state index >= 15 is 0 Å². The van der Waals surface area contributed by atoms with E-state index in [1.165, 1.54) is 0 Å². The largest absolute Gasteiger partial charge is 0.350 e. The molecule has 2 atom stereocenters. The minimum absolute atomic E-state index is 0.207. The number of piperazine rings is 1. The molecule has 1 aromatic rings. The van der Waals surface area contributed by atoms with Crippen LogP contribution in [0.5, 0.6) is 0 Å². The first-order valence-corrected chi connectivity index (χ1v) is 7.48. The number of carbonyl (C=O) groups excluding carboxylic acids is 2. The number of rotatable bonds is 5. The lowest BCUT2D eigenvalue weighted by molar-refractivity contribution is -0.132. The molecule has 0 bridgehead atoms. The summed E-state index contributed by atoms with van der Waals surface area (Å²) >= 11 is 0. The van der Waals surface area contributed by atoms with Crippen LogP contribution in [0.3, 0.4) is 0 Å². The van der Waals surface area contributed by atoms with Crippen LogP contribution in [0, 0.1) is 0 Å². The number of amides is 2. The summed E-state index contributed by atoms with van der Waals surface area (Å²) in [6.45, 7) is 4.30. The Labute approximate surface area is 125 Å². The third-order valence-corrected chi connectivity index (χ3v) is 4.02. The highest BCUT2D eigenvalue weighted by Gasteiger charge is 2.33. The molecule has 1 aliphatic rings. The number of hydrogen-bond donors (Lipinski definition) is 2. The number of para-hydroxylation sites is 1. The quantitative estimate of drug-likeness (QED) is 0.808. The monoisotopic (exact) mass is 289 g/mol. The van der Waals surface area contributed by atoms with Gasteiger partial charge in [0.15, 0.2) is 0 Å². The Morgan fingerprint density at radius 3 is 2.67 bits per heavy atom. The highest BCUT2D eigenvalue weighted by Crippen LogP contribution is 2.30. The van der Waals surface area contributed by atoms with Gasteiger partial charge in [-0.2, -0.15) is 0 Å². The minimum atomic E-state index is -0.293. The normalized spacial score (nSPS) is 20.3. The zero-order chi connectivity index (χ0) is 15.4. The Hall–Kier alpha value is -1.88. The molecule has 5 nitrogen and oxygen atoms in total. The molecule has 0 aliphatic carbocycles. The number of nitrogens with one attached hydrogen (secondary N) is 2. The summed E-state index contributed by atoms with van der Waals surface area (Å²) in [6.07, 6.45) is 1.61. The van der Waals surface area contributed by atoms with Crippen molar-refractivity contribution in [3.63, 3.8) is 0 Å². The van der Waals surface area contributed by atoms with Gasteiger partial charge in [-0.05, 0) is 31.5 Å². The van der Waals surface area contributed by atoms with Gasteiger partial charge in [0.25, 0.3) is 0 Å². The number of nitrogens with zero attached hydrogens (tertiary/aromatic N) is 1. The molecule has 2 N–H and O–H groups in total. The number of hydrogen-bond acceptors (Lipinski definition) is 4. The average Bonchev–Trinajstić information content (AvgIpc) is 2.48. The van der Waals surface area contributed by atoms with E-state index in [0.29, 0.717) is 6.42 Å². The molecule has 0 radical (unpaired) electrons. The topological polar surface area (TPSA) is 61.4 Å². The van der Waals surface area contributed by atoms with E-state index in [2.05, 4.69) is 23.6 Å². The second-order valence-electron chi connectivity index (χ2n) is 5.27. The molecule has 1 heterocycles. The van der Waals surface area contributed by atoms with Gasteiger partial charge in [-0.15, -0.1) is 0 Å². The lowest BCUT2D eigenvalue weighted by Crippen LogP contribution is -2.58. The Balaban J connectivity index is 2.43. The van der Waals surface area contributed by atoms with Gasteiger partial charge in [-0.3, -0.25) is 14.9 Å². The second-order valence-corrected chi connectivity index (χ2v) is 5.27. The maximum Gasteiger partial charge on any atom is 0.249 e. The van der Waals surface area contributed by atoms with Gasteiger partial charge in [0.05, 0.1) is 6.54 Å². The molecular formula is C16H23N3O2. The molecule has 114 valence electrons. The van der Waals surface area contributed by atoms with Crippen LogP contribution in [0.2, 0.25) is 0 Å². The molecule has 2 unspecified atom stereocenters. The number of carbonyl (C=O) groups is 2. The fourth-order valence-corrected chi connectivity index (χ4v) is 2.95. The van der Waals surface area contributed by atoms with Crippen LogP contribution >= 0.6 is 0 Å². The number of anilines is 1. The van der Waals surface area contributed by atoms with Crippen LogP contribution in [-0.4, -0.2) is 31.4 Å². The highest BCUT2D eigenvalue weighted by atomic mass is 16.2. The standard InChI is InChI=1S/C16H23N3O2/c1-4-12(17-3)11-8-6-7-9-14(11)19-10-15(20)18-16(21)13(19)5-2/h6-9,12-13,17H,4-5,10H2,1-3H3,(H,18,20,21). The molecule has 0 saturated carbocycles. The predicted octanol–water partition coefficient (Wildman–Crippen LogP) is 1.60. The number of imide groups is 1. The molecular weight excluding hydrogens is 266 g/mol. The van der Waals surface area contributed by atoms with Crippen LogP contribution in [-0.2, 0) is 9.59 Å². The first-order chi connectivity index (χ1) is 10.1. The van der Waals surface area contributed by atoms with Crippen LogP contribution in [0.15, 0.2) is 24.3 Å². The molecule has 0 spiro atoms.